The zero-order valence-corrected chi connectivity index (χ0v) is 40.3. The fraction of sp³-hybridized carbons (Fsp3) is 0.481. The molecule has 5 fully saturated rings. The molecule has 4 heterocycles. The van der Waals surface area contributed by atoms with E-state index >= 15 is 0 Å². The number of benzene rings is 3. The normalized spacial score (nSPS) is 23.5. The van der Waals surface area contributed by atoms with Crippen LogP contribution in [0.25, 0.3) is 11.3 Å². The summed E-state index contributed by atoms with van der Waals surface area (Å²) >= 11 is 0. The van der Waals surface area contributed by atoms with Gasteiger partial charge < -0.3 is 39.9 Å². The standard InChI is InChI=1S/C54H66N8O6/c1-51(2,3)67-49(65)59-43(36-15-9-7-10-16-36)47(63)61-31-13-19-40(61)45-55-33-39(57-45)35-21-23-38(24-22-35)53-25-28-54(29-26-53,30-27-53)42-34-56-46(58-42)41-20-14-32-62(41)48(64)44(37-17-11-8-12-18-37)60-50(66)68-52(4,5)6/h7-12,15-18,21-24,33-34,40-41,43-44H,13-14,19-20,25-32H2,1-6H3,(H,55,57)(H,56,58)(H,59,65)(H,60,66). The molecule has 3 aliphatic carbocycles. The maximum atomic E-state index is 14.3. The summed E-state index contributed by atoms with van der Waals surface area (Å²) in [4.78, 5) is 75.2. The molecule has 0 radical (unpaired) electrons. The molecule has 2 saturated heterocycles. The van der Waals surface area contributed by atoms with Crippen LogP contribution < -0.4 is 10.6 Å². The minimum Gasteiger partial charge on any atom is -0.444 e. The van der Waals surface area contributed by atoms with E-state index in [1.54, 1.807) is 20.8 Å². The van der Waals surface area contributed by atoms with Crippen molar-refractivity contribution >= 4 is 24.0 Å². The molecule has 14 heteroatoms. The lowest BCUT2D eigenvalue weighted by Gasteiger charge is -2.53. The number of alkyl carbamates (subject to hydrolysis) is 2. The monoisotopic (exact) mass is 923 g/mol. The summed E-state index contributed by atoms with van der Waals surface area (Å²) in [6, 6.07) is 25.4. The first kappa shape index (κ1) is 46.7. The first-order chi connectivity index (χ1) is 32.5. The Bertz CT molecular complexity index is 2570. The Balaban J connectivity index is 0.846. The number of hydrogen-bond donors (Lipinski definition) is 4. The molecule has 68 heavy (non-hydrogen) atoms. The Labute approximate surface area is 399 Å². The second-order valence-corrected chi connectivity index (χ2v) is 21.4. The van der Waals surface area contributed by atoms with E-state index in [0.29, 0.717) is 24.2 Å². The van der Waals surface area contributed by atoms with E-state index in [0.717, 1.165) is 92.8 Å². The zero-order chi connectivity index (χ0) is 47.8. The van der Waals surface area contributed by atoms with E-state index in [9.17, 15) is 19.2 Å². The van der Waals surface area contributed by atoms with E-state index in [1.165, 1.54) is 5.56 Å². The lowest BCUT2D eigenvalue weighted by atomic mass is 9.51. The number of carbonyl (C=O) groups is 4. The molecular weight excluding hydrogens is 857 g/mol. The highest BCUT2D eigenvalue weighted by molar-refractivity contribution is 5.88. The predicted octanol–water partition coefficient (Wildman–Crippen LogP) is 10.2. The Kier molecular flexibility index (Phi) is 12.7. The van der Waals surface area contributed by atoms with Gasteiger partial charge in [0.05, 0.1) is 24.0 Å². The first-order valence-electron chi connectivity index (χ1n) is 24.4. The summed E-state index contributed by atoms with van der Waals surface area (Å²) < 4.78 is 11.1. The van der Waals surface area contributed by atoms with Gasteiger partial charge in [-0.25, -0.2) is 19.6 Å². The molecule has 4 unspecified atom stereocenters. The summed E-state index contributed by atoms with van der Waals surface area (Å²) in [7, 11) is 0. The van der Waals surface area contributed by atoms with Crippen molar-refractivity contribution < 1.29 is 28.7 Å². The van der Waals surface area contributed by atoms with Gasteiger partial charge in [-0.3, -0.25) is 9.59 Å². The van der Waals surface area contributed by atoms with Gasteiger partial charge in [-0.2, -0.15) is 0 Å². The SMILES string of the molecule is CC(C)(C)OC(=O)NC(C(=O)N1CCCC1c1ncc(-c2ccc(C34CCC(c5cnc(C6CCCN6C(=O)C(NC(=O)OC(C)(C)C)c6ccccc6)[nH]5)(CC3)CC4)cc2)[nH]1)c1ccccc1. The van der Waals surface area contributed by atoms with Crippen molar-refractivity contribution in [2.24, 2.45) is 0 Å². The van der Waals surface area contributed by atoms with Crippen LogP contribution in [0.3, 0.4) is 0 Å². The van der Waals surface area contributed by atoms with Gasteiger partial charge in [0.25, 0.3) is 11.8 Å². The van der Waals surface area contributed by atoms with Crippen molar-refractivity contribution in [3.8, 4) is 11.3 Å². The fourth-order valence-electron chi connectivity index (χ4n) is 11.1. The van der Waals surface area contributed by atoms with Gasteiger partial charge in [-0.1, -0.05) is 84.9 Å². The Morgan fingerprint density at radius 1 is 0.603 bits per heavy atom. The molecule has 2 bridgehead atoms. The number of ether oxygens (including phenoxy) is 2. The maximum Gasteiger partial charge on any atom is 0.408 e. The lowest BCUT2D eigenvalue weighted by Crippen LogP contribution is -2.46. The van der Waals surface area contributed by atoms with Crippen LogP contribution in [-0.4, -0.2) is 78.0 Å². The lowest BCUT2D eigenvalue weighted by molar-refractivity contribution is -0.135. The molecule has 3 saturated carbocycles. The van der Waals surface area contributed by atoms with Gasteiger partial charge >= 0.3 is 12.2 Å². The molecule has 4 amide bonds. The summed E-state index contributed by atoms with van der Waals surface area (Å²) in [6.45, 7) is 12.0. The Morgan fingerprint density at radius 2 is 1.04 bits per heavy atom. The summed E-state index contributed by atoms with van der Waals surface area (Å²) in [5.74, 6) is 1.17. The molecule has 0 spiro atoms. The molecule has 4 atom stereocenters. The number of amides is 4. The molecule has 358 valence electrons. The molecule has 5 aliphatic rings. The molecule has 3 aromatic carbocycles. The van der Waals surface area contributed by atoms with Crippen LogP contribution >= 0.6 is 0 Å². The smallest absolute Gasteiger partial charge is 0.408 e. The van der Waals surface area contributed by atoms with Crippen LogP contribution in [-0.2, 0) is 29.9 Å². The van der Waals surface area contributed by atoms with Crippen LogP contribution in [0.15, 0.2) is 97.3 Å². The largest absolute Gasteiger partial charge is 0.444 e. The molecule has 14 nitrogen and oxygen atoms in total. The van der Waals surface area contributed by atoms with Crippen LogP contribution in [0.1, 0.15) is 164 Å². The van der Waals surface area contributed by atoms with E-state index < -0.39 is 35.5 Å². The zero-order valence-electron chi connectivity index (χ0n) is 40.3. The van der Waals surface area contributed by atoms with Crippen molar-refractivity contribution in [3.63, 3.8) is 0 Å². The van der Waals surface area contributed by atoms with Crippen molar-refractivity contribution in [1.29, 1.82) is 0 Å². The average Bonchev–Trinajstić information content (AvgIpc) is 4.17. The molecule has 5 aromatic rings. The molecular formula is C54H66N8O6. The second kappa shape index (κ2) is 18.6. The topological polar surface area (TPSA) is 175 Å². The number of fused-ring (bicyclic) bond motifs is 3. The summed E-state index contributed by atoms with van der Waals surface area (Å²) in [5.41, 5.74) is 4.58. The number of rotatable bonds is 11. The number of aromatic amines is 2. The van der Waals surface area contributed by atoms with Crippen molar-refractivity contribution in [1.82, 2.24) is 40.4 Å². The highest BCUT2D eigenvalue weighted by Crippen LogP contribution is 2.58. The van der Waals surface area contributed by atoms with Crippen molar-refractivity contribution in [2.75, 3.05) is 13.1 Å². The molecule has 2 aliphatic heterocycles. The van der Waals surface area contributed by atoms with Gasteiger partial charge in [0, 0.05) is 30.4 Å². The number of carbonyl (C=O) groups excluding carboxylic acids is 4. The third-order valence-corrected chi connectivity index (χ3v) is 14.6. The van der Waals surface area contributed by atoms with Crippen LogP contribution in [0.2, 0.25) is 0 Å². The fourth-order valence-corrected chi connectivity index (χ4v) is 11.1. The van der Waals surface area contributed by atoms with E-state index in [-0.39, 0.29) is 34.7 Å². The Hall–Kier alpha value is -6.44. The number of hydrogen-bond acceptors (Lipinski definition) is 8. The maximum absolute atomic E-state index is 14.3. The third kappa shape index (κ3) is 9.77. The summed E-state index contributed by atoms with van der Waals surface area (Å²) in [6.07, 6.45) is 12.2. The van der Waals surface area contributed by atoms with Crippen LogP contribution in [0, 0.1) is 0 Å². The molecule has 4 N–H and O–H groups in total. The number of H-pyrrole nitrogens is 2. The van der Waals surface area contributed by atoms with Crippen molar-refractivity contribution in [3.05, 3.63) is 131 Å². The number of aromatic nitrogens is 4. The van der Waals surface area contributed by atoms with Crippen LogP contribution in [0.5, 0.6) is 0 Å². The third-order valence-electron chi connectivity index (χ3n) is 14.6. The van der Waals surface area contributed by atoms with E-state index in [1.807, 2.05) is 104 Å². The quantitative estimate of drug-likeness (QED) is 0.101. The van der Waals surface area contributed by atoms with Crippen LogP contribution in [0.4, 0.5) is 9.59 Å². The minimum absolute atomic E-state index is 0.0138. The van der Waals surface area contributed by atoms with Gasteiger partial charge in [0.15, 0.2) is 0 Å². The molecule has 10 rings (SSSR count). The number of nitrogens with one attached hydrogen (secondary N) is 4. The predicted molar refractivity (Wildman–Crippen MR) is 258 cm³/mol. The summed E-state index contributed by atoms with van der Waals surface area (Å²) in [5, 5.41) is 5.71. The number of imidazole rings is 2. The van der Waals surface area contributed by atoms with E-state index in [2.05, 4.69) is 44.9 Å². The van der Waals surface area contributed by atoms with Gasteiger partial charge in [0.1, 0.15) is 34.9 Å². The average molecular weight is 923 g/mol. The second-order valence-electron chi connectivity index (χ2n) is 21.4. The van der Waals surface area contributed by atoms with Gasteiger partial charge in [-0.15, -0.1) is 0 Å². The first-order valence-corrected chi connectivity index (χ1v) is 24.4. The van der Waals surface area contributed by atoms with Crippen molar-refractivity contribution in [2.45, 2.75) is 152 Å². The highest BCUT2D eigenvalue weighted by atomic mass is 16.6. The van der Waals surface area contributed by atoms with Gasteiger partial charge in [-0.05, 0) is 133 Å². The number of nitrogens with zero attached hydrogens (tertiary/aromatic N) is 4. The highest BCUT2D eigenvalue weighted by Gasteiger charge is 2.51. The van der Waals surface area contributed by atoms with E-state index in [4.69, 9.17) is 19.4 Å². The minimum atomic E-state index is -0.897. The molecule has 2 aromatic heterocycles. The Morgan fingerprint density at radius 3 is 1.51 bits per heavy atom. The van der Waals surface area contributed by atoms with Gasteiger partial charge in [0.2, 0.25) is 0 Å². The number of likely N-dealkylation sites (tertiary alicyclic amines) is 2.